The van der Waals surface area contributed by atoms with Crippen LogP contribution in [0.5, 0.6) is 11.7 Å². The monoisotopic (exact) mass is 258 g/mol. The van der Waals surface area contributed by atoms with Gasteiger partial charge in [-0.05, 0) is 55.0 Å². The van der Waals surface area contributed by atoms with E-state index in [2.05, 4.69) is 6.07 Å². The highest BCUT2D eigenvalue weighted by Crippen LogP contribution is 2.29. The molecule has 0 bridgehead atoms. The van der Waals surface area contributed by atoms with Crippen LogP contribution in [0.25, 0.3) is 0 Å². The summed E-state index contributed by atoms with van der Waals surface area (Å²) in [5, 5.41) is 8.77. The van der Waals surface area contributed by atoms with Gasteiger partial charge < -0.3 is 14.3 Å². The first-order valence-electron chi connectivity index (χ1n) is 6.35. The fourth-order valence-electron chi connectivity index (χ4n) is 2.38. The molecule has 3 rings (SSSR count). The van der Waals surface area contributed by atoms with Gasteiger partial charge in [-0.1, -0.05) is 6.07 Å². The SMILES string of the molecule is O=C(O)c1ccc(Oc2ccc3c(c2)CCCC3)o1. The van der Waals surface area contributed by atoms with E-state index in [1.807, 2.05) is 12.1 Å². The van der Waals surface area contributed by atoms with E-state index in [9.17, 15) is 4.79 Å². The van der Waals surface area contributed by atoms with Gasteiger partial charge in [0.1, 0.15) is 5.75 Å². The second-order valence-corrected chi connectivity index (χ2v) is 4.66. The first kappa shape index (κ1) is 11.8. The van der Waals surface area contributed by atoms with Gasteiger partial charge in [0.15, 0.2) is 0 Å². The van der Waals surface area contributed by atoms with Crippen LogP contribution in [0.2, 0.25) is 0 Å². The zero-order chi connectivity index (χ0) is 13.2. The highest BCUT2D eigenvalue weighted by molar-refractivity contribution is 5.84. The van der Waals surface area contributed by atoms with Crippen LogP contribution in [0.3, 0.4) is 0 Å². The van der Waals surface area contributed by atoms with Gasteiger partial charge in [-0.3, -0.25) is 0 Å². The number of aryl methyl sites for hydroxylation is 2. The third kappa shape index (κ3) is 2.47. The van der Waals surface area contributed by atoms with Crippen LogP contribution in [0, 0.1) is 0 Å². The van der Waals surface area contributed by atoms with E-state index in [1.165, 1.54) is 36.1 Å². The van der Waals surface area contributed by atoms with Crippen molar-refractivity contribution >= 4 is 5.97 Å². The molecular formula is C15H14O4. The molecular weight excluding hydrogens is 244 g/mol. The molecule has 0 amide bonds. The van der Waals surface area contributed by atoms with Gasteiger partial charge >= 0.3 is 5.97 Å². The minimum absolute atomic E-state index is 0.118. The molecule has 1 aromatic heterocycles. The number of carbonyl (C=O) groups is 1. The van der Waals surface area contributed by atoms with Gasteiger partial charge in [0.25, 0.3) is 5.95 Å². The highest BCUT2D eigenvalue weighted by Gasteiger charge is 2.13. The predicted molar refractivity (Wildman–Crippen MR) is 68.8 cm³/mol. The van der Waals surface area contributed by atoms with Crippen molar-refractivity contribution in [1.82, 2.24) is 0 Å². The summed E-state index contributed by atoms with van der Waals surface area (Å²) in [6.45, 7) is 0. The third-order valence-corrected chi connectivity index (χ3v) is 3.33. The lowest BCUT2D eigenvalue weighted by Gasteiger charge is -2.16. The lowest BCUT2D eigenvalue weighted by atomic mass is 9.92. The van der Waals surface area contributed by atoms with E-state index < -0.39 is 5.97 Å². The molecule has 0 saturated heterocycles. The van der Waals surface area contributed by atoms with Gasteiger partial charge in [-0.15, -0.1) is 0 Å². The van der Waals surface area contributed by atoms with Gasteiger partial charge in [0.05, 0.1) is 0 Å². The second-order valence-electron chi connectivity index (χ2n) is 4.66. The molecule has 0 saturated carbocycles. The van der Waals surface area contributed by atoms with Crippen molar-refractivity contribution in [3.63, 3.8) is 0 Å². The van der Waals surface area contributed by atoms with Crippen molar-refractivity contribution in [2.75, 3.05) is 0 Å². The summed E-state index contributed by atoms with van der Waals surface area (Å²) >= 11 is 0. The normalized spacial score (nSPS) is 13.9. The van der Waals surface area contributed by atoms with Crippen LogP contribution in [-0.4, -0.2) is 11.1 Å². The molecule has 4 nitrogen and oxygen atoms in total. The van der Waals surface area contributed by atoms with Crippen molar-refractivity contribution in [2.24, 2.45) is 0 Å². The van der Waals surface area contributed by atoms with Gasteiger partial charge in [-0.25, -0.2) is 4.79 Å². The Morgan fingerprint density at radius 2 is 1.89 bits per heavy atom. The molecule has 0 radical (unpaired) electrons. The molecule has 0 aliphatic heterocycles. The van der Waals surface area contributed by atoms with Gasteiger partial charge in [0.2, 0.25) is 5.76 Å². The van der Waals surface area contributed by atoms with Crippen LogP contribution in [0.15, 0.2) is 34.7 Å². The first-order chi connectivity index (χ1) is 9.22. The molecule has 1 aromatic carbocycles. The summed E-state index contributed by atoms with van der Waals surface area (Å²) in [6.07, 6.45) is 4.65. The summed E-state index contributed by atoms with van der Waals surface area (Å²) in [5.41, 5.74) is 2.69. The van der Waals surface area contributed by atoms with Crippen LogP contribution < -0.4 is 4.74 Å². The molecule has 1 aliphatic carbocycles. The predicted octanol–water partition coefficient (Wildman–Crippen LogP) is 3.65. The Balaban J connectivity index is 1.80. The summed E-state index contributed by atoms with van der Waals surface area (Å²) in [7, 11) is 0. The van der Waals surface area contributed by atoms with Crippen molar-refractivity contribution in [2.45, 2.75) is 25.7 Å². The minimum Gasteiger partial charge on any atom is -0.475 e. The van der Waals surface area contributed by atoms with Crippen LogP contribution in [0.1, 0.15) is 34.5 Å². The highest BCUT2D eigenvalue weighted by atomic mass is 16.6. The minimum atomic E-state index is -1.10. The molecule has 98 valence electrons. The van der Waals surface area contributed by atoms with Crippen LogP contribution >= 0.6 is 0 Å². The first-order valence-corrected chi connectivity index (χ1v) is 6.35. The maximum atomic E-state index is 10.7. The number of carboxylic acids is 1. The van der Waals surface area contributed by atoms with Crippen molar-refractivity contribution in [3.05, 3.63) is 47.2 Å². The zero-order valence-corrected chi connectivity index (χ0v) is 10.4. The maximum absolute atomic E-state index is 10.7. The molecule has 2 aromatic rings. The van der Waals surface area contributed by atoms with E-state index >= 15 is 0 Å². The number of ether oxygens (including phenoxy) is 1. The number of aromatic carboxylic acids is 1. The van der Waals surface area contributed by atoms with Gasteiger partial charge in [-0.2, -0.15) is 0 Å². The van der Waals surface area contributed by atoms with Crippen LogP contribution in [0.4, 0.5) is 0 Å². The summed E-state index contributed by atoms with van der Waals surface area (Å²) < 4.78 is 10.6. The molecule has 0 spiro atoms. The molecule has 0 unspecified atom stereocenters. The topological polar surface area (TPSA) is 59.7 Å². The Morgan fingerprint density at radius 3 is 2.63 bits per heavy atom. The smallest absolute Gasteiger partial charge is 0.371 e. The Morgan fingerprint density at radius 1 is 1.11 bits per heavy atom. The lowest BCUT2D eigenvalue weighted by Crippen LogP contribution is -2.02. The second kappa shape index (κ2) is 4.80. The number of furan rings is 1. The molecule has 0 fully saturated rings. The Kier molecular flexibility index (Phi) is 2.99. The quantitative estimate of drug-likeness (QED) is 0.912. The fourth-order valence-corrected chi connectivity index (χ4v) is 2.38. The molecule has 4 heteroatoms. The fraction of sp³-hybridized carbons (Fsp3) is 0.267. The summed E-state index contributed by atoms with van der Waals surface area (Å²) in [6, 6.07) is 8.88. The summed E-state index contributed by atoms with van der Waals surface area (Å²) in [4.78, 5) is 10.7. The van der Waals surface area contributed by atoms with E-state index in [-0.39, 0.29) is 11.7 Å². The molecule has 1 aliphatic rings. The maximum Gasteiger partial charge on any atom is 0.371 e. The largest absolute Gasteiger partial charge is 0.475 e. The number of hydrogen-bond donors (Lipinski definition) is 1. The zero-order valence-electron chi connectivity index (χ0n) is 10.4. The molecule has 19 heavy (non-hydrogen) atoms. The lowest BCUT2D eigenvalue weighted by molar-refractivity contribution is 0.0657. The van der Waals surface area contributed by atoms with Crippen molar-refractivity contribution < 1.29 is 19.1 Å². The molecule has 1 heterocycles. The Bertz CT molecular complexity index is 612. The molecule has 0 atom stereocenters. The average Bonchev–Trinajstić information content (AvgIpc) is 2.87. The molecule has 1 N–H and O–H groups in total. The number of rotatable bonds is 3. The van der Waals surface area contributed by atoms with E-state index in [1.54, 1.807) is 0 Å². The number of fused-ring (bicyclic) bond motifs is 1. The summed E-state index contributed by atoms with van der Waals surface area (Å²) in [5.74, 6) is -0.326. The van der Waals surface area contributed by atoms with Crippen molar-refractivity contribution in [3.8, 4) is 11.7 Å². The Hall–Kier alpha value is -2.23. The average molecular weight is 258 g/mol. The van der Waals surface area contributed by atoms with Crippen molar-refractivity contribution in [1.29, 1.82) is 0 Å². The van der Waals surface area contributed by atoms with E-state index in [4.69, 9.17) is 14.3 Å². The van der Waals surface area contributed by atoms with Gasteiger partial charge in [0, 0.05) is 6.07 Å². The Labute approximate surface area is 110 Å². The standard InChI is InChI=1S/C15H14O4/c16-15(17)13-7-8-14(19-13)18-12-6-5-10-3-1-2-4-11(10)9-12/h5-9H,1-4H2,(H,16,17). The van der Waals surface area contributed by atoms with E-state index in [0.717, 1.165) is 12.8 Å². The third-order valence-electron chi connectivity index (χ3n) is 3.33. The van der Waals surface area contributed by atoms with Crippen LogP contribution in [-0.2, 0) is 12.8 Å². The van der Waals surface area contributed by atoms with E-state index in [0.29, 0.717) is 5.75 Å². The number of benzene rings is 1. The number of hydrogen-bond acceptors (Lipinski definition) is 3. The number of carboxylic acid groups (broad SMARTS) is 1.